The number of carbonyl (C=O) groups is 1. The zero-order chi connectivity index (χ0) is 12.7. The Kier molecular flexibility index (Phi) is 6.03. The summed E-state index contributed by atoms with van der Waals surface area (Å²) in [4.78, 5) is 11.7. The van der Waals surface area contributed by atoms with Gasteiger partial charge < -0.3 is 4.74 Å². The van der Waals surface area contributed by atoms with E-state index in [0.29, 0.717) is 6.61 Å². The largest absolute Gasteiger partial charge is 0.466 e. The molecule has 0 radical (unpaired) electrons. The van der Waals surface area contributed by atoms with Gasteiger partial charge in [0.05, 0.1) is 12.5 Å². The summed E-state index contributed by atoms with van der Waals surface area (Å²) in [5.41, 5.74) is 2.79. The Morgan fingerprint density at radius 2 is 2.29 bits per heavy atom. The van der Waals surface area contributed by atoms with E-state index in [-0.39, 0.29) is 11.9 Å². The molecule has 0 heterocycles. The predicted molar refractivity (Wildman–Crippen MR) is 70.7 cm³/mol. The molecule has 0 aliphatic heterocycles. The van der Waals surface area contributed by atoms with Crippen LogP contribution in [0.4, 0.5) is 0 Å². The van der Waals surface area contributed by atoms with Crippen molar-refractivity contribution in [3.8, 4) is 0 Å². The van der Waals surface area contributed by atoms with E-state index < -0.39 is 0 Å². The number of esters is 1. The van der Waals surface area contributed by atoms with E-state index in [2.05, 4.69) is 26.0 Å². The van der Waals surface area contributed by atoms with Crippen LogP contribution in [-0.2, 0) is 9.53 Å². The number of carbonyl (C=O) groups excluding carboxylic acids is 1. The predicted octanol–water partition coefficient (Wildman–Crippen LogP) is 4.02. The van der Waals surface area contributed by atoms with Gasteiger partial charge >= 0.3 is 5.97 Å². The van der Waals surface area contributed by atoms with Crippen molar-refractivity contribution in [2.45, 2.75) is 52.9 Å². The summed E-state index contributed by atoms with van der Waals surface area (Å²) in [5, 5.41) is 0. The third-order valence-corrected chi connectivity index (χ3v) is 3.09. The van der Waals surface area contributed by atoms with Gasteiger partial charge in [-0.2, -0.15) is 0 Å². The quantitative estimate of drug-likeness (QED) is 0.532. The van der Waals surface area contributed by atoms with Crippen molar-refractivity contribution in [3.05, 3.63) is 23.3 Å². The second-order valence-corrected chi connectivity index (χ2v) is 4.91. The molecule has 0 aromatic heterocycles. The van der Waals surface area contributed by atoms with Gasteiger partial charge in [0, 0.05) is 0 Å². The first-order chi connectivity index (χ1) is 8.13. The second kappa shape index (κ2) is 7.31. The lowest BCUT2D eigenvalue weighted by atomic mass is 9.87. The molecule has 96 valence electrons. The van der Waals surface area contributed by atoms with Crippen molar-refractivity contribution in [2.24, 2.45) is 5.92 Å². The fourth-order valence-corrected chi connectivity index (χ4v) is 2.20. The van der Waals surface area contributed by atoms with Gasteiger partial charge in [-0.1, -0.05) is 23.3 Å². The molecule has 0 spiro atoms. The molecule has 2 nitrogen and oxygen atoms in total. The summed E-state index contributed by atoms with van der Waals surface area (Å²) in [6.07, 6.45) is 9.60. The van der Waals surface area contributed by atoms with Crippen LogP contribution in [0.5, 0.6) is 0 Å². The van der Waals surface area contributed by atoms with E-state index in [1.54, 1.807) is 0 Å². The van der Waals surface area contributed by atoms with Gasteiger partial charge in [0.25, 0.3) is 0 Å². The molecule has 0 fully saturated rings. The van der Waals surface area contributed by atoms with Crippen LogP contribution >= 0.6 is 0 Å². The van der Waals surface area contributed by atoms with Crippen molar-refractivity contribution in [1.29, 1.82) is 0 Å². The first-order valence-electron chi connectivity index (χ1n) is 6.61. The van der Waals surface area contributed by atoms with Crippen molar-refractivity contribution in [1.82, 2.24) is 0 Å². The van der Waals surface area contributed by atoms with Gasteiger partial charge in [0.1, 0.15) is 0 Å². The van der Waals surface area contributed by atoms with E-state index in [1.807, 2.05) is 6.92 Å². The van der Waals surface area contributed by atoms with E-state index in [9.17, 15) is 4.79 Å². The average Bonchev–Trinajstić information content (AvgIpc) is 2.29. The Labute approximate surface area is 105 Å². The van der Waals surface area contributed by atoms with E-state index >= 15 is 0 Å². The Morgan fingerprint density at radius 1 is 1.53 bits per heavy atom. The lowest BCUT2D eigenvalue weighted by Gasteiger charge is -2.21. The summed E-state index contributed by atoms with van der Waals surface area (Å²) >= 11 is 0. The molecule has 1 rings (SSSR count). The van der Waals surface area contributed by atoms with Gasteiger partial charge in [0.2, 0.25) is 0 Å². The van der Waals surface area contributed by atoms with Gasteiger partial charge in [-0.15, -0.1) is 0 Å². The van der Waals surface area contributed by atoms with Crippen LogP contribution in [-0.4, -0.2) is 12.6 Å². The van der Waals surface area contributed by atoms with Crippen LogP contribution in [0, 0.1) is 5.92 Å². The minimum atomic E-state index is -0.0136. The minimum absolute atomic E-state index is 0.0136. The van der Waals surface area contributed by atoms with Gasteiger partial charge in [-0.3, -0.25) is 4.79 Å². The first kappa shape index (κ1) is 14.0. The van der Waals surface area contributed by atoms with Crippen LogP contribution in [0.15, 0.2) is 23.3 Å². The number of ether oxygens (including phenoxy) is 1. The van der Waals surface area contributed by atoms with Crippen molar-refractivity contribution in [2.75, 3.05) is 6.61 Å². The summed E-state index contributed by atoms with van der Waals surface area (Å²) in [7, 11) is 0. The number of hydrogen-bond donors (Lipinski definition) is 0. The number of allylic oxidation sites excluding steroid dienone is 4. The lowest BCUT2D eigenvalue weighted by Crippen LogP contribution is -2.20. The molecule has 0 amide bonds. The average molecular weight is 236 g/mol. The van der Waals surface area contributed by atoms with E-state index in [4.69, 9.17) is 4.74 Å². The smallest absolute Gasteiger partial charge is 0.309 e. The molecule has 1 aliphatic rings. The van der Waals surface area contributed by atoms with Crippen LogP contribution in [0.3, 0.4) is 0 Å². The molecule has 1 aliphatic carbocycles. The first-order valence-corrected chi connectivity index (χ1v) is 6.61. The zero-order valence-corrected chi connectivity index (χ0v) is 11.3. The molecular formula is C15H24O2. The summed E-state index contributed by atoms with van der Waals surface area (Å²) in [5.74, 6) is 0.0852. The highest BCUT2D eigenvalue weighted by atomic mass is 16.5. The maximum atomic E-state index is 11.7. The minimum Gasteiger partial charge on any atom is -0.466 e. The maximum absolute atomic E-state index is 11.7. The highest BCUT2D eigenvalue weighted by Crippen LogP contribution is 2.28. The zero-order valence-electron chi connectivity index (χ0n) is 11.3. The van der Waals surface area contributed by atoms with Crippen molar-refractivity contribution in [3.63, 3.8) is 0 Å². The Bertz CT molecular complexity index is 309. The molecule has 0 saturated heterocycles. The molecule has 17 heavy (non-hydrogen) atoms. The van der Waals surface area contributed by atoms with Crippen LogP contribution < -0.4 is 0 Å². The third kappa shape index (κ3) is 5.20. The van der Waals surface area contributed by atoms with E-state index in [0.717, 1.165) is 32.1 Å². The van der Waals surface area contributed by atoms with Gasteiger partial charge in [-0.25, -0.2) is 0 Å². The number of rotatable bonds is 5. The fraction of sp³-hybridized carbons (Fsp3) is 0.667. The summed E-state index contributed by atoms with van der Waals surface area (Å²) < 4.78 is 5.09. The molecule has 1 atom stereocenters. The van der Waals surface area contributed by atoms with E-state index in [1.165, 1.54) is 11.1 Å². The Balaban J connectivity index is 2.40. The highest BCUT2D eigenvalue weighted by Gasteiger charge is 2.23. The molecule has 0 saturated carbocycles. The van der Waals surface area contributed by atoms with Gasteiger partial charge in [0.15, 0.2) is 0 Å². The normalized spacial score (nSPS) is 19.5. The van der Waals surface area contributed by atoms with Crippen molar-refractivity contribution < 1.29 is 9.53 Å². The molecule has 0 aromatic carbocycles. The fourth-order valence-electron chi connectivity index (χ4n) is 2.20. The molecule has 0 N–H and O–H groups in total. The molecule has 2 heteroatoms. The molecular weight excluding hydrogens is 212 g/mol. The lowest BCUT2D eigenvalue weighted by molar-refractivity contribution is -0.148. The second-order valence-electron chi connectivity index (χ2n) is 4.91. The highest BCUT2D eigenvalue weighted by molar-refractivity contribution is 5.73. The standard InChI is InChI=1S/C15H24O2/c1-4-17-15(16)14-10-6-9-13(11-14)8-5-7-12(2)3/h7,9,14H,4-6,8,10-11H2,1-3H3. The molecule has 1 unspecified atom stereocenters. The van der Waals surface area contributed by atoms with Crippen LogP contribution in [0.2, 0.25) is 0 Å². The van der Waals surface area contributed by atoms with Crippen molar-refractivity contribution >= 4 is 5.97 Å². The summed E-state index contributed by atoms with van der Waals surface area (Å²) in [6, 6.07) is 0. The van der Waals surface area contributed by atoms with Crippen LogP contribution in [0.1, 0.15) is 52.9 Å². The van der Waals surface area contributed by atoms with Crippen LogP contribution in [0.25, 0.3) is 0 Å². The SMILES string of the molecule is CCOC(=O)C1CCC=C(CCC=C(C)C)C1. The monoisotopic (exact) mass is 236 g/mol. The third-order valence-electron chi connectivity index (χ3n) is 3.09. The van der Waals surface area contributed by atoms with Gasteiger partial charge in [-0.05, 0) is 52.9 Å². The number of hydrogen-bond acceptors (Lipinski definition) is 2. The molecule has 0 bridgehead atoms. The summed E-state index contributed by atoms with van der Waals surface area (Å²) in [6.45, 7) is 6.60. The topological polar surface area (TPSA) is 26.3 Å². The maximum Gasteiger partial charge on any atom is 0.309 e. The Morgan fingerprint density at radius 3 is 2.94 bits per heavy atom. The molecule has 0 aromatic rings. The Hall–Kier alpha value is -1.05.